The van der Waals surface area contributed by atoms with Gasteiger partial charge in [0.05, 0.1) is 0 Å². The van der Waals surface area contributed by atoms with E-state index in [1.54, 1.807) is 0 Å². The van der Waals surface area contributed by atoms with Crippen LogP contribution in [0.15, 0.2) is 0 Å². The molecule has 6 nitrogen and oxygen atoms in total. The van der Waals surface area contributed by atoms with Gasteiger partial charge in [0.1, 0.15) is 6.04 Å². The first-order valence-corrected chi connectivity index (χ1v) is 8.57. The van der Waals surface area contributed by atoms with E-state index in [1.165, 1.54) is 38.5 Å². The van der Waals surface area contributed by atoms with Crippen LogP contribution < -0.4 is 21.9 Å². The van der Waals surface area contributed by atoms with Crippen LogP contribution in [0.4, 0.5) is 4.79 Å². The number of nitrogens with two attached hydrogens (primary N) is 1. The number of hydrogen-bond acceptors (Lipinski definition) is 3. The number of urea groups is 1. The average molecular weight is 314 g/mol. The summed E-state index contributed by atoms with van der Waals surface area (Å²) in [6, 6.07) is -0.922. The van der Waals surface area contributed by atoms with Crippen molar-refractivity contribution in [1.82, 2.24) is 16.1 Å². The van der Waals surface area contributed by atoms with Crippen molar-refractivity contribution in [2.75, 3.05) is 6.54 Å². The summed E-state index contributed by atoms with van der Waals surface area (Å²) in [5.74, 6) is 4.72. The van der Waals surface area contributed by atoms with Crippen molar-refractivity contribution in [1.29, 1.82) is 0 Å². The fourth-order valence-corrected chi connectivity index (χ4v) is 2.28. The largest absolute Gasteiger partial charge is 0.338 e. The minimum absolute atomic E-state index is 0.0163. The third-order valence-corrected chi connectivity index (χ3v) is 3.69. The number of hydrogen-bond donors (Lipinski definition) is 4. The molecule has 0 bridgehead atoms. The third-order valence-electron chi connectivity index (χ3n) is 3.69. The van der Waals surface area contributed by atoms with E-state index in [2.05, 4.69) is 23.0 Å². The lowest BCUT2D eigenvalue weighted by atomic mass is 10.0. The standard InChI is InChI=1S/C16H34N4O2/c1-4-5-6-7-8-9-10-11-12-18-16(22)19-14(13(2)3)15(21)20-17/h13-14H,4-12,17H2,1-3H3,(H,20,21)(H2,18,19,22)/t14-/m0/s1. The number of rotatable bonds is 12. The van der Waals surface area contributed by atoms with Gasteiger partial charge >= 0.3 is 6.03 Å². The molecular formula is C16H34N4O2. The topological polar surface area (TPSA) is 96.2 Å². The van der Waals surface area contributed by atoms with Gasteiger partial charge in [-0.3, -0.25) is 10.2 Å². The van der Waals surface area contributed by atoms with Gasteiger partial charge in [0.15, 0.2) is 0 Å². The minimum atomic E-state index is -0.608. The van der Waals surface area contributed by atoms with Crippen LogP contribution in [0.25, 0.3) is 0 Å². The summed E-state index contributed by atoms with van der Waals surface area (Å²) in [5.41, 5.74) is 2.08. The molecule has 0 spiro atoms. The van der Waals surface area contributed by atoms with Gasteiger partial charge in [0.25, 0.3) is 5.91 Å². The fourth-order valence-electron chi connectivity index (χ4n) is 2.28. The molecule has 0 saturated heterocycles. The Kier molecular flexibility index (Phi) is 12.6. The van der Waals surface area contributed by atoms with E-state index >= 15 is 0 Å². The van der Waals surface area contributed by atoms with Crippen LogP contribution in [-0.2, 0) is 4.79 Å². The monoisotopic (exact) mass is 314 g/mol. The molecule has 0 aromatic carbocycles. The third kappa shape index (κ3) is 10.4. The quantitative estimate of drug-likeness (QED) is 0.193. The van der Waals surface area contributed by atoms with Crippen molar-refractivity contribution in [2.45, 2.75) is 78.2 Å². The minimum Gasteiger partial charge on any atom is -0.338 e. The molecule has 0 heterocycles. The van der Waals surface area contributed by atoms with Crippen molar-refractivity contribution in [2.24, 2.45) is 11.8 Å². The zero-order chi connectivity index (χ0) is 16.8. The second kappa shape index (κ2) is 13.4. The number of carbonyl (C=O) groups is 2. The van der Waals surface area contributed by atoms with Crippen LogP contribution in [0.3, 0.4) is 0 Å². The van der Waals surface area contributed by atoms with Gasteiger partial charge in [-0.15, -0.1) is 0 Å². The molecule has 0 aromatic rings. The van der Waals surface area contributed by atoms with Gasteiger partial charge in [-0.2, -0.15) is 0 Å². The molecule has 0 aliphatic rings. The van der Waals surface area contributed by atoms with Crippen LogP contribution in [0.1, 0.15) is 72.1 Å². The highest BCUT2D eigenvalue weighted by Gasteiger charge is 2.22. The first-order chi connectivity index (χ1) is 10.5. The molecule has 5 N–H and O–H groups in total. The van der Waals surface area contributed by atoms with Gasteiger partial charge in [-0.05, 0) is 12.3 Å². The molecule has 22 heavy (non-hydrogen) atoms. The molecule has 0 fully saturated rings. The molecule has 130 valence electrons. The van der Waals surface area contributed by atoms with Crippen molar-refractivity contribution in [3.05, 3.63) is 0 Å². The van der Waals surface area contributed by atoms with Gasteiger partial charge in [0, 0.05) is 6.54 Å². The fraction of sp³-hybridized carbons (Fsp3) is 0.875. The molecule has 0 aliphatic heterocycles. The van der Waals surface area contributed by atoms with Gasteiger partial charge in [0.2, 0.25) is 0 Å². The highest BCUT2D eigenvalue weighted by atomic mass is 16.2. The lowest BCUT2D eigenvalue weighted by Gasteiger charge is -2.20. The average Bonchev–Trinajstić information content (AvgIpc) is 2.50. The molecule has 3 amide bonds. The predicted molar refractivity (Wildman–Crippen MR) is 90.1 cm³/mol. The van der Waals surface area contributed by atoms with Gasteiger partial charge in [-0.25, -0.2) is 10.6 Å². The molecular weight excluding hydrogens is 280 g/mol. The second-order valence-corrected chi connectivity index (χ2v) is 6.11. The summed E-state index contributed by atoms with van der Waals surface area (Å²) in [6.07, 6.45) is 9.84. The summed E-state index contributed by atoms with van der Waals surface area (Å²) in [6.45, 7) is 6.57. The predicted octanol–water partition coefficient (Wildman–Crippen LogP) is 2.44. The summed E-state index contributed by atoms with van der Waals surface area (Å²) in [5, 5.41) is 5.44. The molecule has 0 saturated carbocycles. The second-order valence-electron chi connectivity index (χ2n) is 6.11. The molecule has 1 atom stereocenters. The number of unbranched alkanes of at least 4 members (excludes halogenated alkanes) is 7. The first kappa shape index (κ1) is 20.7. The van der Waals surface area contributed by atoms with E-state index in [4.69, 9.17) is 5.84 Å². The van der Waals surface area contributed by atoms with Crippen LogP contribution >= 0.6 is 0 Å². The van der Waals surface area contributed by atoms with E-state index in [0.717, 1.165) is 12.8 Å². The Hall–Kier alpha value is -1.30. The normalized spacial score (nSPS) is 12.0. The Balaban J connectivity index is 3.66. The lowest BCUT2D eigenvalue weighted by molar-refractivity contribution is -0.123. The van der Waals surface area contributed by atoms with Crippen molar-refractivity contribution >= 4 is 11.9 Å². The number of carbonyl (C=O) groups excluding carboxylic acids is 2. The Labute approximate surface area is 134 Å². The Bertz CT molecular complexity index is 309. The van der Waals surface area contributed by atoms with E-state index in [-0.39, 0.29) is 17.9 Å². The highest BCUT2D eigenvalue weighted by Crippen LogP contribution is 2.07. The summed E-state index contributed by atoms with van der Waals surface area (Å²) >= 11 is 0. The first-order valence-electron chi connectivity index (χ1n) is 8.57. The summed E-state index contributed by atoms with van der Waals surface area (Å²) < 4.78 is 0. The zero-order valence-electron chi connectivity index (χ0n) is 14.4. The number of amides is 3. The maximum atomic E-state index is 11.7. The van der Waals surface area contributed by atoms with Crippen molar-refractivity contribution in [3.8, 4) is 0 Å². The van der Waals surface area contributed by atoms with Crippen LogP contribution in [0.2, 0.25) is 0 Å². The molecule has 0 unspecified atom stereocenters. The summed E-state index contributed by atoms with van der Waals surface area (Å²) in [7, 11) is 0. The zero-order valence-corrected chi connectivity index (χ0v) is 14.4. The van der Waals surface area contributed by atoms with Crippen LogP contribution in [0.5, 0.6) is 0 Å². The molecule has 0 rings (SSSR count). The molecule has 0 aromatic heterocycles. The molecule has 6 heteroatoms. The van der Waals surface area contributed by atoms with E-state index < -0.39 is 6.04 Å². The Morgan fingerprint density at radius 2 is 1.50 bits per heavy atom. The molecule has 0 aliphatic carbocycles. The van der Waals surface area contributed by atoms with E-state index in [9.17, 15) is 9.59 Å². The number of hydrazine groups is 1. The smallest absolute Gasteiger partial charge is 0.315 e. The Morgan fingerprint density at radius 3 is 2.00 bits per heavy atom. The molecule has 0 radical (unpaired) electrons. The maximum Gasteiger partial charge on any atom is 0.315 e. The van der Waals surface area contributed by atoms with Gasteiger partial charge in [-0.1, -0.05) is 65.7 Å². The van der Waals surface area contributed by atoms with Crippen molar-refractivity contribution in [3.63, 3.8) is 0 Å². The highest BCUT2D eigenvalue weighted by molar-refractivity contribution is 5.86. The van der Waals surface area contributed by atoms with Crippen molar-refractivity contribution < 1.29 is 9.59 Å². The van der Waals surface area contributed by atoms with E-state index in [0.29, 0.717) is 6.54 Å². The van der Waals surface area contributed by atoms with Crippen LogP contribution in [-0.4, -0.2) is 24.5 Å². The van der Waals surface area contributed by atoms with Crippen LogP contribution in [0, 0.1) is 5.92 Å². The lowest BCUT2D eigenvalue weighted by Crippen LogP contribution is -2.54. The summed E-state index contributed by atoms with van der Waals surface area (Å²) in [4.78, 5) is 23.3. The maximum absolute atomic E-state index is 11.7. The van der Waals surface area contributed by atoms with Gasteiger partial charge < -0.3 is 10.6 Å². The SMILES string of the molecule is CCCCCCCCCCNC(=O)N[C@H](C(=O)NN)C(C)C. The number of nitrogens with one attached hydrogen (secondary N) is 3. The Morgan fingerprint density at radius 1 is 0.955 bits per heavy atom. The van der Waals surface area contributed by atoms with E-state index in [1.807, 2.05) is 13.8 Å².